The van der Waals surface area contributed by atoms with Gasteiger partial charge in [0.15, 0.2) is 0 Å². The van der Waals surface area contributed by atoms with E-state index in [9.17, 15) is 14.7 Å². The number of nitrogens with zero attached hydrogens (tertiary/aromatic N) is 2. The van der Waals surface area contributed by atoms with Crippen LogP contribution in [0.2, 0.25) is 0 Å². The summed E-state index contributed by atoms with van der Waals surface area (Å²) in [5, 5.41) is 9.28. The van der Waals surface area contributed by atoms with Crippen molar-refractivity contribution in [3.63, 3.8) is 0 Å². The molecule has 6 nitrogen and oxygen atoms in total. The normalized spacial score (nSPS) is 12.7. The number of rotatable bonds is 6. The maximum atomic E-state index is 12.6. The lowest BCUT2D eigenvalue weighted by Gasteiger charge is -2.22. The standard InChI is InChI=1S/C23H30N2O4/c1-22(2,3)21-24-14-18(25(21)15-16-10-8-7-9-11-16)12-17(13-19(26)27)20(28)29-23(4,5)6/h7-12,14H,13,15H2,1-6H3,(H,26,27). The van der Waals surface area contributed by atoms with Crippen molar-refractivity contribution in [3.8, 4) is 0 Å². The molecule has 0 radical (unpaired) electrons. The van der Waals surface area contributed by atoms with E-state index in [1.807, 2.05) is 34.9 Å². The van der Waals surface area contributed by atoms with E-state index in [1.165, 1.54) is 0 Å². The van der Waals surface area contributed by atoms with E-state index in [2.05, 4.69) is 25.8 Å². The van der Waals surface area contributed by atoms with Crippen LogP contribution in [0.25, 0.3) is 6.08 Å². The van der Waals surface area contributed by atoms with E-state index in [0.717, 1.165) is 11.4 Å². The minimum Gasteiger partial charge on any atom is -0.481 e. The largest absolute Gasteiger partial charge is 0.481 e. The Labute approximate surface area is 172 Å². The van der Waals surface area contributed by atoms with Crippen molar-refractivity contribution in [3.05, 3.63) is 59.2 Å². The fourth-order valence-corrected chi connectivity index (χ4v) is 2.90. The maximum Gasteiger partial charge on any atom is 0.335 e. The molecule has 1 heterocycles. The van der Waals surface area contributed by atoms with E-state index < -0.39 is 24.0 Å². The topological polar surface area (TPSA) is 81.4 Å². The average Bonchev–Trinajstić information content (AvgIpc) is 2.96. The highest BCUT2D eigenvalue weighted by Crippen LogP contribution is 2.25. The van der Waals surface area contributed by atoms with Crippen LogP contribution in [0.4, 0.5) is 0 Å². The van der Waals surface area contributed by atoms with Gasteiger partial charge in [-0.05, 0) is 32.4 Å². The molecule has 1 aromatic carbocycles. The van der Waals surface area contributed by atoms with Gasteiger partial charge in [0.2, 0.25) is 0 Å². The molecule has 0 spiro atoms. The molecule has 1 N–H and O–H groups in total. The zero-order chi connectivity index (χ0) is 21.8. The molecule has 2 aromatic rings. The van der Waals surface area contributed by atoms with Gasteiger partial charge in [0, 0.05) is 12.0 Å². The number of carboxylic acid groups (broad SMARTS) is 1. The molecule has 0 atom stereocenters. The van der Waals surface area contributed by atoms with Gasteiger partial charge in [0.25, 0.3) is 0 Å². The molecule has 0 aliphatic heterocycles. The molecule has 6 heteroatoms. The van der Waals surface area contributed by atoms with Crippen molar-refractivity contribution < 1.29 is 19.4 Å². The Morgan fingerprint density at radius 3 is 2.24 bits per heavy atom. The third-order valence-corrected chi connectivity index (χ3v) is 4.07. The van der Waals surface area contributed by atoms with Crippen molar-refractivity contribution >= 4 is 18.0 Å². The van der Waals surface area contributed by atoms with Crippen LogP contribution in [-0.2, 0) is 26.3 Å². The van der Waals surface area contributed by atoms with Crippen LogP contribution >= 0.6 is 0 Å². The molecule has 0 aliphatic rings. The minimum atomic E-state index is -1.09. The summed E-state index contributed by atoms with van der Waals surface area (Å²) in [4.78, 5) is 28.5. The molecule has 0 saturated carbocycles. The molecular formula is C23H30N2O4. The van der Waals surface area contributed by atoms with Crippen molar-refractivity contribution in [2.24, 2.45) is 0 Å². The number of hydrogen-bond donors (Lipinski definition) is 1. The fourth-order valence-electron chi connectivity index (χ4n) is 2.90. The van der Waals surface area contributed by atoms with E-state index in [1.54, 1.807) is 33.0 Å². The Balaban J connectivity index is 2.53. The number of esters is 1. The number of ether oxygens (including phenoxy) is 1. The second kappa shape index (κ2) is 8.64. The zero-order valence-corrected chi connectivity index (χ0v) is 18.0. The van der Waals surface area contributed by atoms with Crippen LogP contribution in [0.3, 0.4) is 0 Å². The Hall–Kier alpha value is -2.89. The molecule has 0 amide bonds. The van der Waals surface area contributed by atoms with Gasteiger partial charge in [-0.2, -0.15) is 0 Å². The number of carbonyl (C=O) groups is 2. The lowest BCUT2D eigenvalue weighted by molar-refractivity contribution is -0.151. The Morgan fingerprint density at radius 1 is 1.10 bits per heavy atom. The van der Waals surface area contributed by atoms with Gasteiger partial charge in [-0.1, -0.05) is 51.1 Å². The highest BCUT2D eigenvalue weighted by molar-refractivity contribution is 5.98. The molecule has 156 valence electrons. The first-order chi connectivity index (χ1) is 13.4. The highest BCUT2D eigenvalue weighted by atomic mass is 16.6. The number of benzene rings is 1. The van der Waals surface area contributed by atoms with Gasteiger partial charge >= 0.3 is 11.9 Å². The van der Waals surface area contributed by atoms with Gasteiger partial charge in [-0.15, -0.1) is 0 Å². The molecular weight excluding hydrogens is 368 g/mol. The Bertz CT molecular complexity index is 897. The van der Waals surface area contributed by atoms with E-state index in [4.69, 9.17) is 4.74 Å². The number of aromatic nitrogens is 2. The molecule has 0 saturated heterocycles. The van der Waals surface area contributed by atoms with Crippen molar-refractivity contribution in [2.75, 3.05) is 0 Å². The van der Waals surface area contributed by atoms with Gasteiger partial charge in [-0.3, -0.25) is 4.79 Å². The van der Waals surface area contributed by atoms with Crippen LogP contribution < -0.4 is 0 Å². The third-order valence-electron chi connectivity index (χ3n) is 4.07. The first-order valence-corrected chi connectivity index (χ1v) is 9.62. The smallest absolute Gasteiger partial charge is 0.335 e. The molecule has 1 aromatic heterocycles. The minimum absolute atomic E-state index is 0.0853. The number of carboxylic acids is 1. The summed E-state index contributed by atoms with van der Waals surface area (Å²) in [6.07, 6.45) is 2.83. The summed E-state index contributed by atoms with van der Waals surface area (Å²) in [5.74, 6) is -0.872. The first-order valence-electron chi connectivity index (χ1n) is 9.62. The summed E-state index contributed by atoms with van der Waals surface area (Å²) >= 11 is 0. The first kappa shape index (κ1) is 22.4. The van der Waals surface area contributed by atoms with Gasteiger partial charge in [0.05, 0.1) is 23.9 Å². The molecule has 0 unspecified atom stereocenters. The van der Waals surface area contributed by atoms with Crippen LogP contribution in [0.1, 0.15) is 65.0 Å². The van der Waals surface area contributed by atoms with E-state index >= 15 is 0 Å². The number of carbonyl (C=O) groups excluding carboxylic acids is 1. The molecule has 0 aliphatic carbocycles. The number of imidazole rings is 1. The van der Waals surface area contributed by atoms with Crippen LogP contribution in [0, 0.1) is 0 Å². The third kappa shape index (κ3) is 6.59. The quantitative estimate of drug-likeness (QED) is 0.575. The Morgan fingerprint density at radius 2 is 1.72 bits per heavy atom. The van der Waals surface area contributed by atoms with Gasteiger partial charge in [-0.25, -0.2) is 9.78 Å². The monoisotopic (exact) mass is 398 g/mol. The van der Waals surface area contributed by atoms with E-state index in [-0.39, 0.29) is 11.0 Å². The van der Waals surface area contributed by atoms with Gasteiger partial charge < -0.3 is 14.4 Å². The van der Waals surface area contributed by atoms with Crippen LogP contribution in [0.5, 0.6) is 0 Å². The van der Waals surface area contributed by atoms with Crippen molar-refractivity contribution in [2.45, 2.75) is 65.5 Å². The summed E-state index contributed by atoms with van der Waals surface area (Å²) in [6, 6.07) is 9.93. The molecule has 29 heavy (non-hydrogen) atoms. The van der Waals surface area contributed by atoms with Gasteiger partial charge in [0.1, 0.15) is 11.4 Å². The second-order valence-corrected chi connectivity index (χ2v) is 9.07. The molecule has 0 fully saturated rings. The average molecular weight is 399 g/mol. The molecule has 0 bridgehead atoms. The van der Waals surface area contributed by atoms with Crippen LogP contribution in [0.15, 0.2) is 42.1 Å². The van der Waals surface area contributed by atoms with Crippen molar-refractivity contribution in [1.82, 2.24) is 9.55 Å². The fraction of sp³-hybridized carbons (Fsp3) is 0.435. The lowest BCUT2D eigenvalue weighted by Crippen LogP contribution is -2.25. The van der Waals surface area contributed by atoms with E-state index in [0.29, 0.717) is 12.2 Å². The Kier molecular flexibility index (Phi) is 6.67. The maximum absolute atomic E-state index is 12.6. The highest BCUT2D eigenvalue weighted by Gasteiger charge is 2.25. The summed E-state index contributed by atoms with van der Waals surface area (Å²) in [7, 11) is 0. The number of aliphatic carboxylic acids is 1. The summed E-state index contributed by atoms with van der Waals surface area (Å²) in [5.41, 5.74) is 0.903. The predicted octanol–water partition coefficient (Wildman–Crippen LogP) is 4.43. The number of hydrogen-bond acceptors (Lipinski definition) is 4. The molecule has 2 rings (SSSR count). The lowest BCUT2D eigenvalue weighted by atomic mass is 9.95. The SMILES string of the molecule is CC(C)(C)OC(=O)C(=Cc1cnc(C(C)(C)C)n1Cc1ccccc1)CC(=O)O. The van der Waals surface area contributed by atoms with Crippen LogP contribution in [-0.4, -0.2) is 32.2 Å². The van der Waals surface area contributed by atoms with Crippen molar-refractivity contribution in [1.29, 1.82) is 0 Å². The summed E-state index contributed by atoms with van der Waals surface area (Å²) in [6.45, 7) is 12.0. The second-order valence-electron chi connectivity index (χ2n) is 9.07. The predicted molar refractivity (Wildman–Crippen MR) is 113 cm³/mol. The summed E-state index contributed by atoms with van der Waals surface area (Å²) < 4.78 is 7.42. The zero-order valence-electron chi connectivity index (χ0n) is 18.0.